The molecule has 0 saturated carbocycles. The van der Waals surface area contributed by atoms with Crippen molar-refractivity contribution in [3.05, 3.63) is 29.8 Å². The Morgan fingerprint density at radius 1 is 1.28 bits per heavy atom. The number of ether oxygens (including phenoxy) is 1. The number of amides is 1. The first-order valence-electron chi connectivity index (χ1n) is 8.54. The van der Waals surface area contributed by atoms with Crippen LogP contribution >= 0.6 is 24.8 Å². The van der Waals surface area contributed by atoms with Gasteiger partial charge in [0, 0.05) is 13.0 Å². The maximum absolute atomic E-state index is 12.0. The van der Waals surface area contributed by atoms with Crippen molar-refractivity contribution in [3.8, 4) is 5.75 Å². The number of halogens is 2. The predicted molar refractivity (Wildman–Crippen MR) is 107 cm³/mol. The fourth-order valence-electron chi connectivity index (χ4n) is 3.08. The highest BCUT2D eigenvalue weighted by atomic mass is 35.5. The van der Waals surface area contributed by atoms with Crippen LogP contribution in [-0.4, -0.2) is 51.1 Å². The molecule has 2 N–H and O–H groups in total. The lowest BCUT2D eigenvalue weighted by Crippen LogP contribution is -2.36. The van der Waals surface area contributed by atoms with Crippen LogP contribution in [0.25, 0.3) is 0 Å². The summed E-state index contributed by atoms with van der Waals surface area (Å²) in [5, 5.41) is 6.17. The third-order valence-electron chi connectivity index (χ3n) is 4.38. The largest absolute Gasteiger partial charge is 0.497 e. The molecular weight excluding hydrogens is 361 g/mol. The van der Waals surface area contributed by atoms with E-state index < -0.39 is 0 Å². The topological polar surface area (TPSA) is 53.6 Å². The Morgan fingerprint density at radius 3 is 2.64 bits per heavy atom. The molecular formula is C18H31Cl2N3O2. The van der Waals surface area contributed by atoms with Crippen LogP contribution in [-0.2, 0) is 4.79 Å². The summed E-state index contributed by atoms with van der Waals surface area (Å²) in [4.78, 5) is 14.5. The van der Waals surface area contributed by atoms with Crippen LogP contribution in [0, 0.1) is 0 Å². The van der Waals surface area contributed by atoms with Gasteiger partial charge in [-0.05, 0) is 63.6 Å². The molecule has 0 radical (unpaired) electrons. The van der Waals surface area contributed by atoms with Gasteiger partial charge in [-0.2, -0.15) is 0 Å². The number of nitrogens with zero attached hydrogens (tertiary/aromatic N) is 1. The molecule has 25 heavy (non-hydrogen) atoms. The number of carbonyl (C=O) groups excluding carboxylic acids is 1. The van der Waals surface area contributed by atoms with Gasteiger partial charge in [0.15, 0.2) is 0 Å². The lowest BCUT2D eigenvalue weighted by molar-refractivity contribution is -0.121. The minimum Gasteiger partial charge on any atom is -0.497 e. The third kappa shape index (κ3) is 7.82. The molecule has 1 unspecified atom stereocenters. The first kappa shape index (κ1) is 24.0. The van der Waals surface area contributed by atoms with Gasteiger partial charge in [0.25, 0.3) is 0 Å². The van der Waals surface area contributed by atoms with Crippen LogP contribution in [0.15, 0.2) is 24.3 Å². The zero-order chi connectivity index (χ0) is 16.5. The maximum Gasteiger partial charge on any atom is 0.220 e. The molecule has 144 valence electrons. The van der Waals surface area contributed by atoms with E-state index in [4.69, 9.17) is 4.74 Å². The second-order valence-electron chi connectivity index (χ2n) is 6.05. The van der Waals surface area contributed by atoms with E-state index >= 15 is 0 Å². The van der Waals surface area contributed by atoms with Crippen molar-refractivity contribution in [1.29, 1.82) is 0 Å². The molecule has 2 rings (SSSR count). The van der Waals surface area contributed by atoms with E-state index in [1.54, 1.807) is 7.11 Å². The van der Waals surface area contributed by atoms with Gasteiger partial charge < -0.3 is 15.4 Å². The summed E-state index contributed by atoms with van der Waals surface area (Å²) in [6, 6.07) is 8.41. The van der Waals surface area contributed by atoms with E-state index in [2.05, 4.69) is 27.7 Å². The summed E-state index contributed by atoms with van der Waals surface area (Å²) >= 11 is 0. The van der Waals surface area contributed by atoms with E-state index in [-0.39, 0.29) is 36.8 Å². The average Bonchev–Trinajstić information content (AvgIpc) is 3.10. The molecule has 1 atom stereocenters. The van der Waals surface area contributed by atoms with Crippen molar-refractivity contribution < 1.29 is 9.53 Å². The van der Waals surface area contributed by atoms with E-state index in [0.717, 1.165) is 31.8 Å². The molecule has 1 saturated heterocycles. The van der Waals surface area contributed by atoms with Gasteiger partial charge in [-0.3, -0.25) is 9.69 Å². The Kier molecular flexibility index (Phi) is 12.7. The monoisotopic (exact) mass is 391 g/mol. The second-order valence-corrected chi connectivity index (χ2v) is 6.05. The predicted octanol–water partition coefficient (Wildman–Crippen LogP) is 2.79. The van der Waals surface area contributed by atoms with E-state index in [9.17, 15) is 4.79 Å². The SMILES string of the molecule is CNCCCC(=O)NCC(c1cccc(OC)c1)N1CCCC1.Cl.Cl. The Hall–Kier alpha value is -1.01. The molecule has 0 spiro atoms. The normalized spacial score (nSPS) is 15.0. The van der Waals surface area contributed by atoms with Crippen LogP contribution in [0.3, 0.4) is 0 Å². The molecule has 1 aromatic rings. The number of carbonyl (C=O) groups is 1. The quantitative estimate of drug-likeness (QED) is 0.635. The summed E-state index contributed by atoms with van der Waals surface area (Å²) in [5.74, 6) is 0.999. The van der Waals surface area contributed by atoms with Crippen LogP contribution in [0.5, 0.6) is 5.75 Å². The zero-order valence-corrected chi connectivity index (χ0v) is 16.8. The number of rotatable bonds is 9. The highest BCUT2D eigenvalue weighted by molar-refractivity contribution is 5.85. The van der Waals surface area contributed by atoms with E-state index in [1.807, 2.05) is 19.2 Å². The first-order chi connectivity index (χ1) is 11.2. The first-order valence-corrected chi connectivity index (χ1v) is 8.54. The van der Waals surface area contributed by atoms with Crippen molar-refractivity contribution in [2.75, 3.05) is 40.3 Å². The number of likely N-dealkylation sites (tertiary alicyclic amines) is 1. The standard InChI is InChI=1S/C18H29N3O2.2ClH/c1-19-10-6-9-18(22)20-14-17(21-11-3-4-12-21)15-7-5-8-16(13-15)23-2;;/h5,7-8,13,17,19H,3-4,6,9-12,14H2,1-2H3,(H,20,22);2*1H. The molecule has 7 heteroatoms. The Labute approximate surface area is 163 Å². The number of methoxy groups -OCH3 is 1. The van der Waals surface area contributed by atoms with Crippen molar-refractivity contribution in [2.45, 2.75) is 31.7 Å². The summed E-state index contributed by atoms with van der Waals surface area (Å²) in [6.45, 7) is 3.72. The number of benzene rings is 1. The fourth-order valence-corrected chi connectivity index (χ4v) is 3.08. The van der Waals surface area contributed by atoms with Gasteiger partial charge >= 0.3 is 0 Å². The minimum atomic E-state index is 0. The van der Waals surface area contributed by atoms with Crippen molar-refractivity contribution in [3.63, 3.8) is 0 Å². The van der Waals surface area contributed by atoms with Gasteiger partial charge in [0.2, 0.25) is 5.91 Å². The molecule has 1 fully saturated rings. The third-order valence-corrected chi connectivity index (χ3v) is 4.38. The molecule has 0 bridgehead atoms. The number of hydrogen-bond acceptors (Lipinski definition) is 4. The van der Waals surface area contributed by atoms with Crippen LogP contribution in [0.1, 0.15) is 37.3 Å². The maximum atomic E-state index is 12.0. The van der Waals surface area contributed by atoms with Crippen molar-refractivity contribution >= 4 is 30.7 Å². The van der Waals surface area contributed by atoms with Crippen LogP contribution < -0.4 is 15.4 Å². The molecule has 1 heterocycles. The summed E-state index contributed by atoms with van der Waals surface area (Å²) in [5.41, 5.74) is 1.21. The molecule has 1 aromatic carbocycles. The molecule has 1 aliphatic heterocycles. The summed E-state index contributed by atoms with van der Waals surface area (Å²) in [7, 11) is 3.59. The Bertz CT molecular complexity index is 497. The fraction of sp³-hybridized carbons (Fsp3) is 0.611. The summed E-state index contributed by atoms with van der Waals surface area (Å²) < 4.78 is 5.35. The molecule has 0 aliphatic carbocycles. The van der Waals surface area contributed by atoms with Crippen molar-refractivity contribution in [1.82, 2.24) is 15.5 Å². The average molecular weight is 392 g/mol. The molecule has 5 nitrogen and oxygen atoms in total. The van der Waals surface area contributed by atoms with Gasteiger partial charge in [-0.1, -0.05) is 12.1 Å². The lowest BCUT2D eigenvalue weighted by Gasteiger charge is -2.28. The Balaban J connectivity index is 0.00000288. The Morgan fingerprint density at radius 2 is 2.00 bits per heavy atom. The van der Waals surface area contributed by atoms with E-state index in [1.165, 1.54) is 18.4 Å². The van der Waals surface area contributed by atoms with Crippen molar-refractivity contribution in [2.24, 2.45) is 0 Å². The summed E-state index contributed by atoms with van der Waals surface area (Å²) in [6.07, 6.45) is 3.91. The minimum absolute atomic E-state index is 0. The van der Waals surface area contributed by atoms with Crippen LogP contribution in [0.4, 0.5) is 0 Å². The zero-order valence-electron chi connectivity index (χ0n) is 15.1. The van der Waals surface area contributed by atoms with Gasteiger partial charge in [-0.25, -0.2) is 0 Å². The van der Waals surface area contributed by atoms with Gasteiger partial charge in [0.05, 0.1) is 13.2 Å². The highest BCUT2D eigenvalue weighted by Crippen LogP contribution is 2.27. The van der Waals surface area contributed by atoms with Gasteiger partial charge in [-0.15, -0.1) is 24.8 Å². The van der Waals surface area contributed by atoms with Crippen LogP contribution in [0.2, 0.25) is 0 Å². The highest BCUT2D eigenvalue weighted by Gasteiger charge is 2.24. The molecule has 1 amide bonds. The van der Waals surface area contributed by atoms with Gasteiger partial charge in [0.1, 0.15) is 5.75 Å². The second kappa shape index (κ2) is 13.2. The lowest BCUT2D eigenvalue weighted by atomic mass is 10.0. The molecule has 1 aliphatic rings. The van der Waals surface area contributed by atoms with E-state index in [0.29, 0.717) is 13.0 Å². The number of nitrogens with one attached hydrogen (secondary N) is 2. The molecule has 0 aromatic heterocycles. The smallest absolute Gasteiger partial charge is 0.220 e. The number of hydrogen-bond donors (Lipinski definition) is 2.